The summed E-state index contributed by atoms with van der Waals surface area (Å²) < 4.78 is 38.5. The maximum Gasteiger partial charge on any atom is 0.303 e. The number of amidine groups is 1. The molecule has 44 heavy (non-hydrogen) atoms. The Morgan fingerprint density at radius 1 is 0.886 bits per heavy atom. The van der Waals surface area contributed by atoms with Crippen molar-refractivity contribution >= 4 is 23.6 Å². The predicted octanol–water partition coefficient (Wildman–Crippen LogP) is 5.43. The summed E-state index contributed by atoms with van der Waals surface area (Å²) >= 11 is 0. The van der Waals surface area contributed by atoms with E-state index in [1.807, 2.05) is 20.8 Å². The van der Waals surface area contributed by atoms with Crippen LogP contribution in [0, 0.1) is 11.2 Å². The summed E-state index contributed by atoms with van der Waals surface area (Å²) in [6, 6.07) is 4.84. The first-order valence-corrected chi connectivity index (χ1v) is 14.6. The molecule has 0 saturated carbocycles. The van der Waals surface area contributed by atoms with Gasteiger partial charge in [0.05, 0.1) is 38.5 Å². The van der Waals surface area contributed by atoms with Gasteiger partial charge >= 0.3 is 11.9 Å². The van der Waals surface area contributed by atoms with E-state index in [1.54, 1.807) is 26.0 Å². The topological polar surface area (TPSA) is 156 Å². The fourth-order valence-electron chi connectivity index (χ4n) is 4.80. The van der Waals surface area contributed by atoms with Crippen molar-refractivity contribution in [3.8, 4) is 23.0 Å². The lowest BCUT2D eigenvalue weighted by Crippen LogP contribution is -2.30. The highest BCUT2D eigenvalue weighted by molar-refractivity contribution is 6.06. The standard InChI is InChI=1S/C32H41FN2O9/c1-6-41-24-16-20-17-35(31(34)27(20)28(33)30(24)42-7-2)18-22(36)19-14-21(32(3,4)5)29(44-13-9-11-26(39)40)23(15-19)43-12-8-10-25(37)38/h14-16,34H,6-13,17-18H2,1-5H3,(H,37,38)(H,39,40). The lowest BCUT2D eigenvalue weighted by molar-refractivity contribution is -0.138. The number of carboxylic acid groups (broad SMARTS) is 2. The Hall–Kier alpha value is -4.35. The molecule has 0 spiro atoms. The molecule has 3 N–H and O–H groups in total. The molecule has 0 aliphatic carbocycles. The van der Waals surface area contributed by atoms with Crippen molar-refractivity contribution in [3.05, 3.63) is 46.3 Å². The number of carboxylic acids is 2. The van der Waals surface area contributed by atoms with Crippen LogP contribution < -0.4 is 18.9 Å². The first kappa shape index (κ1) is 34.1. The Labute approximate surface area is 256 Å². The van der Waals surface area contributed by atoms with Crippen LogP contribution in [0.5, 0.6) is 23.0 Å². The quantitative estimate of drug-likeness (QED) is 0.155. The molecule has 0 bridgehead atoms. The van der Waals surface area contributed by atoms with Crippen LogP contribution in [-0.4, -0.2) is 71.6 Å². The highest BCUT2D eigenvalue weighted by atomic mass is 19.1. The van der Waals surface area contributed by atoms with Crippen molar-refractivity contribution in [2.24, 2.45) is 0 Å². The highest BCUT2D eigenvalue weighted by Crippen LogP contribution is 2.42. The van der Waals surface area contributed by atoms with E-state index in [0.717, 1.165) is 0 Å². The number of carbonyl (C=O) groups is 3. The van der Waals surface area contributed by atoms with E-state index in [-0.39, 0.29) is 98.6 Å². The monoisotopic (exact) mass is 616 g/mol. The van der Waals surface area contributed by atoms with Gasteiger partial charge in [-0.25, -0.2) is 4.39 Å². The van der Waals surface area contributed by atoms with Crippen molar-refractivity contribution in [3.63, 3.8) is 0 Å². The number of ketones is 1. The minimum atomic E-state index is -0.967. The number of rotatable bonds is 17. The number of hydrogen-bond acceptors (Lipinski definition) is 8. The largest absolute Gasteiger partial charge is 0.490 e. The molecule has 0 aromatic heterocycles. The molecule has 1 aliphatic rings. The molecule has 11 nitrogen and oxygen atoms in total. The SMILES string of the molecule is CCOc1cc2c(c(F)c1OCC)C(=N)N(CC(=O)c1cc(OCCCC(=O)O)c(OCCCC(=O)O)c(C(C)(C)C)c1)C2. The Kier molecular flexibility index (Phi) is 11.6. The number of nitrogens with zero attached hydrogens (tertiary/aromatic N) is 1. The summed E-state index contributed by atoms with van der Waals surface area (Å²) in [5.74, 6) is -2.36. The third-order valence-corrected chi connectivity index (χ3v) is 6.87. The molecule has 0 saturated heterocycles. The van der Waals surface area contributed by atoms with Gasteiger partial charge in [0, 0.05) is 30.5 Å². The van der Waals surface area contributed by atoms with E-state index in [1.165, 1.54) is 11.0 Å². The molecule has 0 amide bonds. The number of hydrogen-bond donors (Lipinski definition) is 3. The number of fused-ring (bicyclic) bond motifs is 1. The molecule has 2 aromatic rings. The average molecular weight is 617 g/mol. The smallest absolute Gasteiger partial charge is 0.303 e. The van der Waals surface area contributed by atoms with Crippen molar-refractivity contribution in [1.82, 2.24) is 4.90 Å². The van der Waals surface area contributed by atoms with Crippen LogP contribution in [-0.2, 0) is 21.5 Å². The van der Waals surface area contributed by atoms with Gasteiger partial charge in [0.2, 0.25) is 0 Å². The van der Waals surface area contributed by atoms with E-state index in [2.05, 4.69) is 0 Å². The first-order valence-electron chi connectivity index (χ1n) is 14.6. The molecule has 2 aromatic carbocycles. The van der Waals surface area contributed by atoms with Crippen LogP contribution >= 0.6 is 0 Å². The summed E-state index contributed by atoms with van der Waals surface area (Å²) in [4.78, 5) is 37.2. The molecule has 0 atom stereocenters. The number of carbonyl (C=O) groups excluding carboxylic acids is 1. The Balaban J connectivity index is 1.93. The third-order valence-electron chi connectivity index (χ3n) is 6.87. The fourth-order valence-corrected chi connectivity index (χ4v) is 4.80. The number of halogens is 1. The van der Waals surface area contributed by atoms with Crippen LogP contribution in [0.3, 0.4) is 0 Å². The number of benzene rings is 2. The van der Waals surface area contributed by atoms with Crippen molar-refractivity contribution in [1.29, 1.82) is 5.41 Å². The van der Waals surface area contributed by atoms with Crippen LogP contribution in [0.25, 0.3) is 0 Å². The second-order valence-electron chi connectivity index (χ2n) is 11.3. The van der Waals surface area contributed by atoms with Gasteiger partial charge in [0.25, 0.3) is 0 Å². The summed E-state index contributed by atoms with van der Waals surface area (Å²) in [5, 5.41) is 26.7. The Morgan fingerprint density at radius 2 is 1.48 bits per heavy atom. The molecule has 1 heterocycles. The molecule has 240 valence electrons. The predicted molar refractivity (Wildman–Crippen MR) is 160 cm³/mol. The number of aliphatic carboxylic acids is 2. The highest BCUT2D eigenvalue weighted by Gasteiger charge is 2.34. The minimum absolute atomic E-state index is 0.0503. The van der Waals surface area contributed by atoms with Gasteiger partial charge in [-0.3, -0.25) is 19.8 Å². The van der Waals surface area contributed by atoms with Crippen LogP contribution in [0.4, 0.5) is 4.39 Å². The van der Waals surface area contributed by atoms with E-state index in [9.17, 15) is 14.4 Å². The van der Waals surface area contributed by atoms with Crippen molar-refractivity contribution in [2.45, 2.75) is 72.3 Å². The fraction of sp³-hybridized carbons (Fsp3) is 0.500. The summed E-state index contributed by atoms with van der Waals surface area (Å²) in [6.45, 7) is 9.83. The summed E-state index contributed by atoms with van der Waals surface area (Å²) in [5.41, 5.74) is 0.960. The summed E-state index contributed by atoms with van der Waals surface area (Å²) in [7, 11) is 0. The van der Waals surface area contributed by atoms with Gasteiger partial charge in [-0.2, -0.15) is 0 Å². The number of ether oxygens (including phenoxy) is 4. The Morgan fingerprint density at radius 3 is 2.05 bits per heavy atom. The Bertz CT molecular complexity index is 1400. The van der Waals surface area contributed by atoms with Gasteiger partial charge in [-0.05, 0) is 55.9 Å². The minimum Gasteiger partial charge on any atom is -0.490 e. The third kappa shape index (κ3) is 8.39. The van der Waals surface area contributed by atoms with E-state index in [0.29, 0.717) is 23.5 Å². The zero-order valence-electron chi connectivity index (χ0n) is 25.9. The lowest BCUT2D eigenvalue weighted by Gasteiger charge is -2.26. The number of nitrogens with one attached hydrogen (secondary N) is 1. The van der Waals surface area contributed by atoms with Gasteiger partial charge in [-0.15, -0.1) is 0 Å². The molecule has 12 heteroatoms. The lowest BCUT2D eigenvalue weighted by atomic mass is 9.84. The van der Waals surface area contributed by atoms with E-state index >= 15 is 4.39 Å². The average Bonchev–Trinajstić information content (AvgIpc) is 3.25. The number of Topliss-reactive ketones (excluding diaryl/α,β-unsaturated/α-hetero) is 1. The van der Waals surface area contributed by atoms with E-state index < -0.39 is 23.2 Å². The van der Waals surface area contributed by atoms with Crippen LogP contribution in [0.2, 0.25) is 0 Å². The molecule has 0 radical (unpaired) electrons. The molecule has 0 unspecified atom stereocenters. The molecular weight excluding hydrogens is 575 g/mol. The normalized spacial score (nSPS) is 12.6. The van der Waals surface area contributed by atoms with Gasteiger partial charge in [-0.1, -0.05) is 20.8 Å². The van der Waals surface area contributed by atoms with Crippen LogP contribution in [0.1, 0.15) is 87.4 Å². The zero-order valence-corrected chi connectivity index (χ0v) is 25.9. The second kappa shape index (κ2) is 14.9. The van der Waals surface area contributed by atoms with E-state index in [4.69, 9.17) is 34.6 Å². The summed E-state index contributed by atoms with van der Waals surface area (Å²) in [6.07, 6.45) is 0.282. The maximum absolute atomic E-state index is 15.5. The molecule has 0 fully saturated rings. The van der Waals surface area contributed by atoms with Crippen molar-refractivity contribution in [2.75, 3.05) is 33.0 Å². The van der Waals surface area contributed by atoms with Gasteiger partial charge < -0.3 is 34.1 Å². The molecule has 3 rings (SSSR count). The molecule has 1 aliphatic heterocycles. The second-order valence-corrected chi connectivity index (χ2v) is 11.3. The maximum atomic E-state index is 15.5. The first-order chi connectivity index (χ1) is 20.8. The molecular formula is C32H41FN2O9. The van der Waals surface area contributed by atoms with Crippen LogP contribution in [0.15, 0.2) is 18.2 Å². The zero-order chi connectivity index (χ0) is 32.6. The van der Waals surface area contributed by atoms with Gasteiger partial charge in [0.15, 0.2) is 34.6 Å². The van der Waals surface area contributed by atoms with Gasteiger partial charge in [0.1, 0.15) is 5.84 Å². The van der Waals surface area contributed by atoms with Crippen molar-refractivity contribution < 1.29 is 47.9 Å².